The zero-order valence-corrected chi connectivity index (χ0v) is 12.5. The molecule has 0 atom stereocenters. The number of aromatic nitrogens is 1. The molecule has 3 rings (SSSR count). The van der Waals surface area contributed by atoms with Crippen LogP contribution in [-0.4, -0.2) is 18.5 Å². The molecule has 3 aromatic rings. The Bertz CT molecular complexity index is 975. The molecule has 1 aromatic heterocycles. The fourth-order valence-electron chi connectivity index (χ4n) is 2.33. The number of phenols is 1. The molecular weight excluding hydrogens is 324 g/mol. The Morgan fingerprint density at radius 1 is 1.04 bits per heavy atom. The lowest BCUT2D eigenvalue weighted by Gasteiger charge is -2.08. The first kappa shape index (κ1) is 15.4. The molecule has 0 radical (unpaired) electrons. The first-order chi connectivity index (χ1) is 10.9. The maximum absolute atomic E-state index is 13.4. The number of nitrogens with zero attached hydrogens (tertiary/aromatic N) is 1. The van der Waals surface area contributed by atoms with Crippen LogP contribution in [0.5, 0.6) is 5.75 Å². The molecule has 0 fully saturated rings. The second-order valence-corrected chi connectivity index (χ2v) is 6.96. The monoisotopic (exact) mass is 335 g/mol. The van der Waals surface area contributed by atoms with Gasteiger partial charge in [0.15, 0.2) is 27.2 Å². The van der Waals surface area contributed by atoms with E-state index in [0.717, 1.165) is 12.1 Å². The molecule has 0 aliphatic rings. The zero-order chi connectivity index (χ0) is 16.6. The molecule has 118 valence electrons. The number of rotatable bonds is 3. The third-order valence-electron chi connectivity index (χ3n) is 3.36. The molecule has 0 spiro atoms. The lowest BCUT2D eigenvalue weighted by atomic mass is 10.2. The third kappa shape index (κ3) is 2.87. The summed E-state index contributed by atoms with van der Waals surface area (Å²) in [5, 5.41) is 9.73. The van der Waals surface area contributed by atoms with E-state index in [-0.39, 0.29) is 10.5 Å². The maximum atomic E-state index is 13.4. The van der Waals surface area contributed by atoms with Crippen LogP contribution < -0.4 is 0 Å². The first-order valence-corrected chi connectivity index (χ1v) is 8.27. The lowest BCUT2D eigenvalue weighted by molar-refractivity contribution is 0.395. The van der Waals surface area contributed by atoms with Gasteiger partial charge in [0.1, 0.15) is 0 Å². The Labute approximate surface area is 131 Å². The van der Waals surface area contributed by atoms with E-state index in [0.29, 0.717) is 10.9 Å². The Kier molecular flexibility index (Phi) is 3.73. The molecule has 2 aromatic carbocycles. The van der Waals surface area contributed by atoms with Crippen LogP contribution in [0.15, 0.2) is 53.6 Å². The highest BCUT2D eigenvalue weighted by Gasteiger charge is 2.21. The quantitative estimate of drug-likeness (QED) is 0.798. The van der Waals surface area contributed by atoms with Gasteiger partial charge in [0.2, 0.25) is 0 Å². The summed E-state index contributed by atoms with van der Waals surface area (Å²) in [6, 6.07) is 9.71. The molecule has 1 heterocycles. The number of sulfone groups is 1. The van der Waals surface area contributed by atoms with Gasteiger partial charge >= 0.3 is 0 Å². The number of pyridine rings is 1. The van der Waals surface area contributed by atoms with Gasteiger partial charge in [-0.15, -0.1) is 0 Å². The minimum atomic E-state index is -3.86. The van der Waals surface area contributed by atoms with Gasteiger partial charge in [-0.25, -0.2) is 17.2 Å². The van der Waals surface area contributed by atoms with Crippen LogP contribution in [0.3, 0.4) is 0 Å². The summed E-state index contributed by atoms with van der Waals surface area (Å²) in [6.07, 6.45) is 1.47. The predicted octanol–water partition coefficient (Wildman–Crippen LogP) is 3.19. The Balaban J connectivity index is 2.08. The van der Waals surface area contributed by atoms with E-state index in [4.69, 9.17) is 5.11 Å². The van der Waals surface area contributed by atoms with Crippen molar-refractivity contribution in [1.82, 2.24) is 4.98 Å². The predicted molar refractivity (Wildman–Crippen MR) is 80.7 cm³/mol. The van der Waals surface area contributed by atoms with E-state index in [2.05, 4.69) is 4.98 Å². The summed E-state index contributed by atoms with van der Waals surface area (Å²) in [5.74, 6) is -4.13. The average Bonchev–Trinajstić information content (AvgIpc) is 2.51. The SMILES string of the molecule is O=S(=O)(Cc1cc(F)c(O)c(F)c1)c1cccc2cccnc12. The van der Waals surface area contributed by atoms with Gasteiger partial charge in [-0.1, -0.05) is 18.2 Å². The molecule has 0 amide bonds. The largest absolute Gasteiger partial charge is 0.503 e. The van der Waals surface area contributed by atoms with E-state index < -0.39 is 33.0 Å². The van der Waals surface area contributed by atoms with E-state index in [9.17, 15) is 17.2 Å². The van der Waals surface area contributed by atoms with Crippen LogP contribution in [0.2, 0.25) is 0 Å². The van der Waals surface area contributed by atoms with E-state index in [1.807, 2.05) is 0 Å². The summed E-state index contributed by atoms with van der Waals surface area (Å²) >= 11 is 0. The summed E-state index contributed by atoms with van der Waals surface area (Å²) in [5.41, 5.74) is 0.209. The van der Waals surface area contributed by atoms with Crippen molar-refractivity contribution in [2.75, 3.05) is 0 Å². The molecule has 23 heavy (non-hydrogen) atoms. The van der Waals surface area contributed by atoms with E-state index >= 15 is 0 Å². The number of halogens is 2. The van der Waals surface area contributed by atoms with Gasteiger partial charge < -0.3 is 5.11 Å². The van der Waals surface area contributed by atoms with Crippen LogP contribution >= 0.6 is 0 Å². The van der Waals surface area contributed by atoms with Crippen LogP contribution in [0.1, 0.15) is 5.56 Å². The van der Waals surface area contributed by atoms with E-state index in [1.54, 1.807) is 24.3 Å². The molecule has 0 bridgehead atoms. The average molecular weight is 335 g/mol. The lowest BCUT2D eigenvalue weighted by Crippen LogP contribution is -2.07. The molecule has 0 unspecified atom stereocenters. The van der Waals surface area contributed by atoms with E-state index in [1.165, 1.54) is 12.3 Å². The fourth-order valence-corrected chi connectivity index (χ4v) is 3.84. The number of aromatic hydroxyl groups is 1. The van der Waals surface area contributed by atoms with Crippen molar-refractivity contribution in [3.05, 3.63) is 65.9 Å². The standard InChI is InChI=1S/C16H11F2NO3S/c17-12-7-10(8-13(18)16(12)20)9-23(21,22)14-5-1-3-11-4-2-6-19-15(11)14/h1-8,20H,9H2. The molecular formula is C16H11F2NO3S. The smallest absolute Gasteiger partial charge is 0.187 e. The van der Waals surface area contributed by atoms with Crippen molar-refractivity contribution < 1.29 is 22.3 Å². The normalized spacial score (nSPS) is 11.7. The number of fused-ring (bicyclic) bond motifs is 1. The second-order valence-electron chi connectivity index (χ2n) is 5.00. The number of benzene rings is 2. The summed E-state index contributed by atoms with van der Waals surface area (Å²) in [7, 11) is -3.86. The Morgan fingerprint density at radius 3 is 2.39 bits per heavy atom. The van der Waals surface area contributed by atoms with Gasteiger partial charge in [-0.05, 0) is 29.8 Å². The van der Waals surface area contributed by atoms with Crippen LogP contribution in [0.4, 0.5) is 8.78 Å². The molecule has 1 N–H and O–H groups in total. The molecule has 0 saturated heterocycles. The van der Waals surface area contributed by atoms with Gasteiger partial charge in [-0.3, -0.25) is 4.98 Å². The number of phenolic OH excluding ortho intramolecular Hbond substituents is 1. The van der Waals surface area contributed by atoms with Gasteiger partial charge in [0, 0.05) is 11.6 Å². The van der Waals surface area contributed by atoms with Crippen molar-refractivity contribution in [1.29, 1.82) is 0 Å². The highest BCUT2D eigenvalue weighted by Crippen LogP contribution is 2.27. The number of hydrogen-bond acceptors (Lipinski definition) is 4. The van der Waals surface area contributed by atoms with Crippen molar-refractivity contribution >= 4 is 20.7 Å². The molecule has 0 saturated carbocycles. The number of hydrogen-bond donors (Lipinski definition) is 1. The summed E-state index contributed by atoms with van der Waals surface area (Å²) in [4.78, 5) is 4.06. The van der Waals surface area contributed by atoms with Gasteiger partial charge in [-0.2, -0.15) is 0 Å². The first-order valence-electron chi connectivity index (χ1n) is 6.62. The van der Waals surface area contributed by atoms with Crippen LogP contribution in [0.25, 0.3) is 10.9 Å². The Hall–Kier alpha value is -2.54. The highest BCUT2D eigenvalue weighted by molar-refractivity contribution is 7.90. The van der Waals surface area contributed by atoms with Crippen molar-refractivity contribution in [2.45, 2.75) is 10.6 Å². The Morgan fingerprint density at radius 2 is 1.70 bits per heavy atom. The molecule has 7 heteroatoms. The molecule has 0 aliphatic heterocycles. The topological polar surface area (TPSA) is 67.3 Å². The minimum Gasteiger partial charge on any atom is -0.503 e. The summed E-state index contributed by atoms with van der Waals surface area (Å²) < 4.78 is 51.9. The minimum absolute atomic E-state index is 0.00973. The third-order valence-corrected chi connectivity index (χ3v) is 5.08. The highest BCUT2D eigenvalue weighted by atomic mass is 32.2. The summed E-state index contributed by atoms with van der Waals surface area (Å²) in [6.45, 7) is 0. The van der Waals surface area contributed by atoms with Crippen LogP contribution in [-0.2, 0) is 15.6 Å². The maximum Gasteiger partial charge on any atom is 0.187 e. The van der Waals surface area contributed by atoms with Crippen molar-refractivity contribution in [3.63, 3.8) is 0 Å². The molecule has 0 aliphatic carbocycles. The zero-order valence-electron chi connectivity index (χ0n) is 11.7. The van der Waals surface area contributed by atoms with Crippen LogP contribution in [0, 0.1) is 11.6 Å². The fraction of sp³-hybridized carbons (Fsp3) is 0.0625. The number of para-hydroxylation sites is 1. The van der Waals surface area contributed by atoms with Crippen molar-refractivity contribution in [3.8, 4) is 5.75 Å². The molecule has 4 nitrogen and oxygen atoms in total. The van der Waals surface area contributed by atoms with Gasteiger partial charge in [0.25, 0.3) is 0 Å². The second kappa shape index (κ2) is 5.58. The van der Waals surface area contributed by atoms with Crippen molar-refractivity contribution in [2.24, 2.45) is 0 Å². The van der Waals surface area contributed by atoms with Gasteiger partial charge in [0.05, 0.1) is 16.2 Å².